The van der Waals surface area contributed by atoms with Crippen molar-refractivity contribution in [2.45, 2.75) is 31.9 Å². The summed E-state index contributed by atoms with van der Waals surface area (Å²) in [6.07, 6.45) is -1.09. The summed E-state index contributed by atoms with van der Waals surface area (Å²) in [6.45, 7) is 1.25. The number of aromatic amines is 1. The van der Waals surface area contributed by atoms with Crippen LogP contribution in [0.5, 0.6) is 0 Å². The van der Waals surface area contributed by atoms with Crippen molar-refractivity contribution in [3.8, 4) is 0 Å². The maximum atomic E-state index is 12.8. The van der Waals surface area contributed by atoms with Crippen molar-refractivity contribution in [1.29, 1.82) is 0 Å². The minimum atomic E-state index is -2.71. The number of carbonyl (C=O) groups is 2. The van der Waals surface area contributed by atoms with Crippen LogP contribution >= 0.6 is 0 Å². The van der Waals surface area contributed by atoms with Gasteiger partial charge in [0.15, 0.2) is 5.82 Å². The maximum absolute atomic E-state index is 12.8. The first-order chi connectivity index (χ1) is 14.4. The van der Waals surface area contributed by atoms with Crippen LogP contribution in [-0.2, 0) is 11.3 Å². The topological polar surface area (TPSA) is 104 Å². The lowest BCUT2D eigenvalue weighted by molar-refractivity contribution is -0.122. The first-order valence-electron chi connectivity index (χ1n) is 9.63. The fourth-order valence-corrected chi connectivity index (χ4v) is 3.80. The van der Waals surface area contributed by atoms with Crippen LogP contribution in [0.1, 0.15) is 41.0 Å². The Morgan fingerprint density at radius 2 is 2.07 bits per heavy atom. The number of nitrogens with zero attached hydrogens (tertiary/aromatic N) is 2. The molecule has 4 rings (SSSR count). The van der Waals surface area contributed by atoms with Crippen LogP contribution in [0.4, 0.5) is 14.5 Å². The van der Waals surface area contributed by atoms with Crippen molar-refractivity contribution in [2.75, 3.05) is 11.9 Å². The van der Waals surface area contributed by atoms with Gasteiger partial charge in [-0.15, -0.1) is 0 Å². The van der Waals surface area contributed by atoms with E-state index in [0.29, 0.717) is 28.8 Å². The Morgan fingerprint density at radius 3 is 2.83 bits per heavy atom. The van der Waals surface area contributed by atoms with E-state index >= 15 is 0 Å². The molecule has 1 unspecified atom stereocenters. The summed E-state index contributed by atoms with van der Waals surface area (Å²) in [5.41, 5.74) is 8.04. The van der Waals surface area contributed by atoms with Gasteiger partial charge in [0.2, 0.25) is 5.91 Å². The molecule has 0 bridgehead atoms. The van der Waals surface area contributed by atoms with Crippen LogP contribution in [0.2, 0.25) is 0 Å². The third-order valence-electron chi connectivity index (χ3n) is 5.30. The summed E-state index contributed by atoms with van der Waals surface area (Å²) in [6, 6.07) is 11.6. The number of amides is 2. The highest BCUT2D eigenvalue weighted by Gasteiger charge is 2.29. The van der Waals surface area contributed by atoms with Crippen molar-refractivity contribution in [3.05, 3.63) is 59.4 Å². The number of benzene rings is 2. The summed E-state index contributed by atoms with van der Waals surface area (Å²) < 4.78 is 25.7. The van der Waals surface area contributed by atoms with Gasteiger partial charge in [-0.1, -0.05) is 18.2 Å². The fourth-order valence-electron chi connectivity index (χ4n) is 3.80. The Bertz CT molecular complexity index is 1100. The first-order valence-corrected chi connectivity index (χ1v) is 9.63. The highest BCUT2D eigenvalue weighted by atomic mass is 19.3. The normalized spacial score (nSPS) is 17.0. The van der Waals surface area contributed by atoms with Gasteiger partial charge in [-0.05, 0) is 49.2 Å². The van der Waals surface area contributed by atoms with E-state index in [2.05, 4.69) is 15.3 Å². The van der Waals surface area contributed by atoms with Crippen LogP contribution in [0.25, 0.3) is 11.0 Å². The van der Waals surface area contributed by atoms with Crippen LogP contribution in [0, 0.1) is 0 Å². The Labute approximate surface area is 171 Å². The van der Waals surface area contributed by atoms with Crippen molar-refractivity contribution in [1.82, 2.24) is 14.9 Å². The Hall–Kier alpha value is -3.33. The number of hydrogen-bond acceptors (Lipinski definition) is 4. The molecule has 0 spiro atoms. The van der Waals surface area contributed by atoms with E-state index in [-0.39, 0.29) is 17.9 Å². The molecule has 156 valence electrons. The molecule has 1 fully saturated rings. The second-order valence-corrected chi connectivity index (χ2v) is 7.30. The molecule has 2 aromatic carbocycles. The number of aromatic nitrogens is 2. The van der Waals surface area contributed by atoms with Crippen molar-refractivity contribution >= 4 is 28.5 Å². The summed E-state index contributed by atoms with van der Waals surface area (Å²) in [5.74, 6) is -1.14. The third-order valence-corrected chi connectivity index (χ3v) is 5.30. The zero-order valence-electron chi connectivity index (χ0n) is 16.1. The smallest absolute Gasteiger partial charge is 0.295 e. The predicted octanol–water partition coefficient (Wildman–Crippen LogP) is 3.20. The molecular formula is C21H21F2N5O2. The molecule has 1 saturated heterocycles. The van der Waals surface area contributed by atoms with Crippen LogP contribution < -0.4 is 11.1 Å². The van der Waals surface area contributed by atoms with Crippen molar-refractivity contribution in [2.24, 2.45) is 5.73 Å². The molecule has 9 heteroatoms. The Kier molecular flexibility index (Phi) is 5.45. The van der Waals surface area contributed by atoms with E-state index in [0.717, 1.165) is 24.9 Å². The zero-order chi connectivity index (χ0) is 21.3. The van der Waals surface area contributed by atoms with E-state index in [4.69, 9.17) is 5.73 Å². The number of nitrogens with one attached hydrogen (secondary N) is 2. The quantitative estimate of drug-likeness (QED) is 0.577. The minimum Gasteiger partial charge on any atom is -0.368 e. The van der Waals surface area contributed by atoms with E-state index in [1.54, 1.807) is 12.1 Å². The highest BCUT2D eigenvalue weighted by Crippen LogP contribution is 2.25. The lowest BCUT2D eigenvalue weighted by atomic mass is 10.1. The van der Waals surface area contributed by atoms with Gasteiger partial charge in [-0.25, -0.2) is 13.8 Å². The lowest BCUT2D eigenvalue weighted by Crippen LogP contribution is -2.39. The first kappa shape index (κ1) is 20.0. The molecule has 30 heavy (non-hydrogen) atoms. The van der Waals surface area contributed by atoms with Gasteiger partial charge in [-0.2, -0.15) is 0 Å². The molecule has 1 aliphatic rings. The number of primary amides is 1. The number of anilines is 1. The Balaban J connectivity index is 1.54. The SMILES string of the molecule is NC(=O)C1CCCN1Cc1ccccc1NC(=O)c1ccc2nc(C(F)F)[nH]c2c1. The molecule has 0 aliphatic carbocycles. The largest absolute Gasteiger partial charge is 0.368 e. The number of halogens is 2. The zero-order valence-corrected chi connectivity index (χ0v) is 16.1. The van der Waals surface area contributed by atoms with Gasteiger partial charge in [-0.3, -0.25) is 14.5 Å². The number of H-pyrrole nitrogens is 1. The molecular weight excluding hydrogens is 392 g/mol. The molecule has 0 saturated carbocycles. The number of likely N-dealkylation sites (tertiary alicyclic amines) is 1. The Morgan fingerprint density at radius 1 is 1.27 bits per heavy atom. The van der Waals surface area contributed by atoms with Crippen molar-refractivity contribution < 1.29 is 18.4 Å². The van der Waals surface area contributed by atoms with E-state index < -0.39 is 12.2 Å². The highest BCUT2D eigenvalue weighted by molar-refractivity contribution is 6.06. The number of rotatable bonds is 6. The molecule has 3 aromatic rings. The number of alkyl halides is 2. The van der Waals surface area contributed by atoms with E-state index in [1.807, 2.05) is 23.1 Å². The molecule has 2 amide bonds. The molecule has 1 atom stereocenters. The van der Waals surface area contributed by atoms with Gasteiger partial charge in [0.05, 0.1) is 17.1 Å². The number of nitrogens with two attached hydrogens (primary N) is 1. The average molecular weight is 413 g/mol. The summed E-state index contributed by atoms with van der Waals surface area (Å²) >= 11 is 0. The minimum absolute atomic E-state index is 0.305. The summed E-state index contributed by atoms with van der Waals surface area (Å²) in [5, 5.41) is 2.87. The van der Waals surface area contributed by atoms with Crippen LogP contribution in [0.15, 0.2) is 42.5 Å². The lowest BCUT2D eigenvalue weighted by Gasteiger charge is -2.23. The molecule has 4 N–H and O–H groups in total. The second-order valence-electron chi connectivity index (χ2n) is 7.30. The van der Waals surface area contributed by atoms with Gasteiger partial charge in [0, 0.05) is 17.8 Å². The van der Waals surface area contributed by atoms with Gasteiger partial charge in [0.1, 0.15) is 0 Å². The molecule has 0 radical (unpaired) electrons. The predicted molar refractivity (Wildman–Crippen MR) is 108 cm³/mol. The molecule has 7 nitrogen and oxygen atoms in total. The fraction of sp³-hybridized carbons (Fsp3) is 0.286. The molecule has 1 aromatic heterocycles. The second kappa shape index (κ2) is 8.19. The van der Waals surface area contributed by atoms with E-state index in [9.17, 15) is 18.4 Å². The number of imidazole rings is 1. The standard InChI is InChI=1S/C21H21F2N5O2/c22-18(23)20-25-15-8-7-12(10-16(15)26-20)21(30)27-14-5-2-1-4-13(14)11-28-9-3-6-17(28)19(24)29/h1-2,4-5,7-8,10,17-18H,3,6,9,11H2,(H2,24,29)(H,25,26)(H,27,30). The van der Waals surface area contributed by atoms with Crippen molar-refractivity contribution in [3.63, 3.8) is 0 Å². The number of fused-ring (bicyclic) bond motifs is 1. The summed E-state index contributed by atoms with van der Waals surface area (Å²) in [4.78, 5) is 32.8. The number of hydrogen-bond donors (Lipinski definition) is 3. The van der Waals surface area contributed by atoms with E-state index in [1.165, 1.54) is 12.1 Å². The monoisotopic (exact) mass is 413 g/mol. The van der Waals surface area contributed by atoms with Gasteiger partial charge < -0.3 is 16.0 Å². The average Bonchev–Trinajstić information content (AvgIpc) is 3.35. The summed E-state index contributed by atoms with van der Waals surface area (Å²) in [7, 11) is 0. The van der Waals surface area contributed by atoms with Gasteiger partial charge >= 0.3 is 0 Å². The van der Waals surface area contributed by atoms with Crippen LogP contribution in [-0.4, -0.2) is 39.3 Å². The molecule has 2 heterocycles. The number of para-hydroxylation sites is 1. The number of carbonyl (C=O) groups excluding carboxylic acids is 2. The van der Waals surface area contributed by atoms with Crippen LogP contribution in [0.3, 0.4) is 0 Å². The third kappa shape index (κ3) is 4.02. The maximum Gasteiger partial charge on any atom is 0.295 e. The molecule has 1 aliphatic heterocycles. The van der Waals surface area contributed by atoms with Gasteiger partial charge in [0.25, 0.3) is 12.3 Å².